The first kappa shape index (κ1) is 74.5. The summed E-state index contributed by atoms with van der Waals surface area (Å²) in [6.07, 6.45) is 43.7. The van der Waals surface area contributed by atoms with Crippen LogP contribution in [0.5, 0.6) is 23.0 Å². The third-order valence-electron chi connectivity index (χ3n) is 24.6. The van der Waals surface area contributed by atoms with Crippen LogP contribution in [0.2, 0.25) is 0 Å². The first-order valence-corrected chi connectivity index (χ1v) is 41.4. The van der Waals surface area contributed by atoms with Crippen molar-refractivity contribution < 1.29 is 28.5 Å². The average molecular weight is 1370 g/mol. The van der Waals surface area contributed by atoms with Gasteiger partial charge in [0.25, 0.3) is 0 Å². The molecular formula is C96H122O6. The summed E-state index contributed by atoms with van der Waals surface area (Å²) < 4.78 is 25.8. The molecule has 0 aromatic heterocycles. The summed E-state index contributed by atoms with van der Waals surface area (Å²) in [4.78, 5) is 28.9. The van der Waals surface area contributed by atoms with Gasteiger partial charge in [-0.1, -0.05) is 240 Å². The Bertz CT molecular complexity index is 3600. The van der Waals surface area contributed by atoms with E-state index in [1.807, 2.05) is 12.1 Å². The normalized spacial score (nSPS) is 20.9. The molecule has 8 aromatic rings. The molecule has 0 N–H and O–H groups in total. The smallest absolute Gasteiger partial charge is 0.311 e. The van der Waals surface area contributed by atoms with E-state index in [-0.39, 0.29) is 24.8 Å². The minimum absolute atomic E-state index is 0.165. The van der Waals surface area contributed by atoms with E-state index in [0.29, 0.717) is 72.4 Å². The predicted octanol–water partition coefficient (Wildman–Crippen LogP) is 27.9. The number of hydrogen-bond acceptors (Lipinski definition) is 6. The Morgan fingerprint density at radius 1 is 0.304 bits per heavy atom. The molecule has 102 heavy (non-hydrogen) atoms. The molecule has 6 heteroatoms. The zero-order chi connectivity index (χ0) is 70.2. The monoisotopic (exact) mass is 1370 g/mol. The van der Waals surface area contributed by atoms with Crippen molar-refractivity contribution in [3.8, 4) is 56.4 Å². The molecule has 542 valence electrons. The van der Waals surface area contributed by atoms with Gasteiger partial charge < -0.3 is 18.9 Å². The zero-order valence-corrected chi connectivity index (χ0v) is 62.9. The van der Waals surface area contributed by atoms with E-state index in [0.717, 1.165) is 79.0 Å². The SMILES string of the molecule is CCCCCC1CCC(c2ccc(OCCCC(=O)Oc3ccc4cc(-c5ccc(C6CCC(CCCCC)CC6)cc5)ccc4c3-c3c(OC(=O)CCCOc4ccc(C5CCC(CCCCC)CC5)cc4)ccc4cc(-c5ccc(C6CCC(CCCCC)CC6)cc5)ccc34)cc2)CC1. The van der Waals surface area contributed by atoms with Gasteiger partial charge in [-0.25, -0.2) is 0 Å². The Morgan fingerprint density at radius 3 is 0.882 bits per heavy atom. The van der Waals surface area contributed by atoms with Crippen LogP contribution in [0.3, 0.4) is 0 Å². The van der Waals surface area contributed by atoms with E-state index < -0.39 is 0 Å². The molecule has 6 nitrogen and oxygen atoms in total. The van der Waals surface area contributed by atoms with Crippen molar-refractivity contribution in [1.82, 2.24) is 0 Å². The minimum Gasteiger partial charge on any atom is -0.494 e. The van der Waals surface area contributed by atoms with Crippen LogP contribution in [0.25, 0.3) is 54.9 Å². The van der Waals surface area contributed by atoms with Crippen LogP contribution in [0.1, 0.15) is 305 Å². The number of ether oxygens (including phenoxy) is 4. The lowest BCUT2D eigenvalue weighted by molar-refractivity contribution is -0.135. The van der Waals surface area contributed by atoms with Crippen molar-refractivity contribution in [3.05, 3.63) is 180 Å². The van der Waals surface area contributed by atoms with E-state index in [1.165, 1.54) is 228 Å². The van der Waals surface area contributed by atoms with E-state index >= 15 is 0 Å². The van der Waals surface area contributed by atoms with Crippen molar-refractivity contribution >= 4 is 33.5 Å². The second-order valence-corrected chi connectivity index (χ2v) is 31.8. The van der Waals surface area contributed by atoms with Crippen molar-refractivity contribution in [3.63, 3.8) is 0 Å². The van der Waals surface area contributed by atoms with Gasteiger partial charge in [-0.15, -0.1) is 0 Å². The largest absolute Gasteiger partial charge is 0.494 e. The summed E-state index contributed by atoms with van der Waals surface area (Å²) in [7, 11) is 0. The zero-order valence-electron chi connectivity index (χ0n) is 62.9. The molecule has 12 rings (SSSR count). The molecule has 0 saturated heterocycles. The van der Waals surface area contributed by atoms with Crippen molar-refractivity contribution in [2.24, 2.45) is 23.7 Å². The molecule has 4 aliphatic rings. The molecule has 0 aliphatic heterocycles. The van der Waals surface area contributed by atoms with Gasteiger partial charge in [0.05, 0.1) is 13.2 Å². The Morgan fingerprint density at radius 2 is 0.588 bits per heavy atom. The van der Waals surface area contributed by atoms with Gasteiger partial charge in [0.2, 0.25) is 0 Å². The summed E-state index contributed by atoms with van der Waals surface area (Å²) >= 11 is 0. The average Bonchev–Trinajstić information content (AvgIpc) is 0.744. The maximum atomic E-state index is 14.4. The number of hydrogen-bond donors (Lipinski definition) is 0. The molecule has 0 heterocycles. The summed E-state index contributed by atoms with van der Waals surface area (Å²) in [6, 6.07) is 57.4. The van der Waals surface area contributed by atoms with E-state index in [9.17, 15) is 9.59 Å². The maximum Gasteiger partial charge on any atom is 0.311 e. The van der Waals surface area contributed by atoms with Gasteiger partial charge in [-0.2, -0.15) is 0 Å². The van der Waals surface area contributed by atoms with Crippen LogP contribution < -0.4 is 18.9 Å². The Labute approximate surface area is 614 Å². The molecule has 0 unspecified atom stereocenters. The summed E-state index contributed by atoms with van der Waals surface area (Å²) in [5.41, 5.74) is 11.7. The highest BCUT2D eigenvalue weighted by Gasteiger charge is 2.28. The topological polar surface area (TPSA) is 71.1 Å². The standard InChI is InChI=1S/C96H122O6/c1-5-9-13-19-69-25-33-73(34-26-69)77-41-45-81(46-42-77)83-53-61-89-85(67-83)55-63-91(101-93(97)23-17-65-99-87-57-49-79(50-58-87)75-37-29-71(30-38-75)21-15-11-7-3)95(89)96-90-62-54-84(82-47-43-78(44-48-82)74-35-27-70(28-36-74)20-14-10-6-2)68-86(90)56-64-92(96)102-94(98)24-18-66-100-88-59-51-80(52-60-88)76-39-31-72(32-40-76)22-16-12-8-4/h41-64,67-76H,5-40,65-66H2,1-4H3. The highest BCUT2D eigenvalue weighted by molar-refractivity contribution is 6.11. The van der Waals surface area contributed by atoms with Crippen LogP contribution in [0, 0.1) is 23.7 Å². The summed E-state index contributed by atoms with van der Waals surface area (Å²) in [6.45, 7) is 9.97. The van der Waals surface area contributed by atoms with Gasteiger partial charge in [-0.3, -0.25) is 9.59 Å². The first-order chi connectivity index (χ1) is 50.2. The second kappa shape index (κ2) is 38.5. The molecular weight excluding hydrogens is 1250 g/mol. The van der Waals surface area contributed by atoms with Crippen molar-refractivity contribution in [2.45, 2.75) is 283 Å². The van der Waals surface area contributed by atoms with Gasteiger partial charge >= 0.3 is 11.9 Å². The van der Waals surface area contributed by atoms with Crippen molar-refractivity contribution in [1.29, 1.82) is 0 Å². The van der Waals surface area contributed by atoms with Crippen LogP contribution >= 0.6 is 0 Å². The lowest BCUT2D eigenvalue weighted by atomic mass is 9.77. The van der Waals surface area contributed by atoms with Gasteiger partial charge in [0.1, 0.15) is 23.0 Å². The summed E-state index contributed by atoms with van der Waals surface area (Å²) in [5.74, 6) is 7.77. The van der Waals surface area contributed by atoms with E-state index in [2.05, 4.69) is 173 Å². The fourth-order valence-corrected chi connectivity index (χ4v) is 18.3. The Balaban J connectivity index is 0.795. The van der Waals surface area contributed by atoms with Crippen LogP contribution in [0.15, 0.2) is 158 Å². The number of fused-ring (bicyclic) bond motifs is 2. The van der Waals surface area contributed by atoms with Crippen molar-refractivity contribution in [2.75, 3.05) is 13.2 Å². The van der Waals surface area contributed by atoms with Crippen LogP contribution in [0.4, 0.5) is 0 Å². The molecule has 8 aromatic carbocycles. The molecule has 4 fully saturated rings. The Kier molecular flexibility index (Phi) is 28.2. The van der Waals surface area contributed by atoms with E-state index in [4.69, 9.17) is 18.9 Å². The molecule has 0 radical (unpaired) electrons. The number of benzene rings is 8. The van der Waals surface area contributed by atoms with Gasteiger partial charge in [0, 0.05) is 24.0 Å². The predicted molar refractivity (Wildman–Crippen MR) is 427 cm³/mol. The molecule has 4 saturated carbocycles. The van der Waals surface area contributed by atoms with E-state index in [1.54, 1.807) is 0 Å². The maximum absolute atomic E-state index is 14.4. The number of carbonyl (C=O) groups excluding carboxylic acids is 2. The van der Waals surface area contributed by atoms with Crippen LogP contribution in [-0.4, -0.2) is 25.2 Å². The fourth-order valence-electron chi connectivity index (χ4n) is 18.3. The fraction of sp³-hybridized carbons (Fsp3) is 0.521. The third-order valence-corrected chi connectivity index (χ3v) is 24.6. The van der Waals surface area contributed by atoms with Crippen LogP contribution in [-0.2, 0) is 9.59 Å². The molecule has 0 spiro atoms. The molecule has 0 atom stereocenters. The molecule has 4 aliphatic carbocycles. The lowest BCUT2D eigenvalue weighted by Gasteiger charge is -2.29. The Hall–Kier alpha value is -7.18. The highest BCUT2D eigenvalue weighted by Crippen LogP contribution is 2.49. The lowest BCUT2D eigenvalue weighted by Crippen LogP contribution is -2.13. The second-order valence-electron chi connectivity index (χ2n) is 31.8. The quantitative estimate of drug-likeness (QED) is 0.0224. The number of carbonyl (C=O) groups is 2. The number of unbranched alkanes of at least 4 members (excludes halogenated alkanes) is 8. The highest BCUT2D eigenvalue weighted by atomic mass is 16.5. The molecule has 0 bridgehead atoms. The first-order valence-electron chi connectivity index (χ1n) is 41.4. The van der Waals surface area contributed by atoms with Gasteiger partial charge in [0.15, 0.2) is 0 Å². The minimum atomic E-state index is -0.346. The number of rotatable bonds is 35. The number of esters is 2. The third kappa shape index (κ3) is 20.6. The summed E-state index contributed by atoms with van der Waals surface area (Å²) in [5, 5.41) is 3.79. The molecule has 0 amide bonds. The van der Waals surface area contributed by atoms with Gasteiger partial charge in [-0.05, 0) is 278 Å².